The zero-order valence-electron chi connectivity index (χ0n) is 13.0. The number of ether oxygens (including phenoxy) is 1. The van der Waals surface area contributed by atoms with Crippen LogP contribution in [0.15, 0.2) is 6.33 Å². The van der Waals surface area contributed by atoms with E-state index in [4.69, 9.17) is 10.5 Å². The second kappa shape index (κ2) is 4.84. The van der Waals surface area contributed by atoms with E-state index in [1.807, 2.05) is 6.92 Å². The maximum atomic E-state index is 10.5. The molecule has 5 atom stereocenters. The standard InChI is InChI=1S/C14H20N6O3/c1-3-16-7-4-14(7)10(22)9(21)13(23-14)20-5-17-8-11(15)18-6(2)19-12(8)20/h5,7,9-10,13,16,21-22H,3-4H2,1-2H3,(H2,15,18,19)/t7-,9-,10+,13-,14+/m1/s1. The maximum Gasteiger partial charge on any atom is 0.167 e. The first-order valence-corrected chi connectivity index (χ1v) is 7.72. The fraction of sp³-hybridized carbons (Fsp3) is 0.643. The molecule has 2 fully saturated rings. The van der Waals surface area contributed by atoms with Gasteiger partial charge in [0.25, 0.3) is 0 Å². The number of hydrogen-bond acceptors (Lipinski definition) is 8. The number of imidazole rings is 1. The molecular weight excluding hydrogens is 300 g/mol. The van der Waals surface area contributed by atoms with Gasteiger partial charge < -0.3 is 26.0 Å². The van der Waals surface area contributed by atoms with Gasteiger partial charge >= 0.3 is 0 Å². The lowest BCUT2D eigenvalue weighted by atomic mass is 10.1. The zero-order valence-corrected chi connectivity index (χ0v) is 13.0. The molecule has 2 aromatic heterocycles. The number of aliphatic hydroxyl groups is 2. The van der Waals surface area contributed by atoms with Gasteiger partial charge in [-0.1, -0.05) is 6.92 Å². The van der Waals surface area contributed by atoms with Crippen LogP contribution in [0.2, 0.25) is 0 Å². The lowest BCUT2D eigenvalue weighted by Crippen LogP contribution is -2.38. The second-order valence-corrected chi connectivity index (χ2v) is 6.19. The average molecular weight is 320 g/mol. The van der Waals surface area contributed by atoms with Gasteiger partial charge in [0, 0.05) is 6.04 Å². The molecule has 0 bridgehead atoms. The molecule has 2 aromatic rings. The Kier molecular flexibility index (Phi) is 3.11. The molecule has 1 aliphatic carbocycles. The van der Waals surface area contributed by atoms with Crippen LogP contribution in [0.25, 0.3) is 11.2 Å². The monoisotopic (exact) mass is 320 g/mol. The second-order valence-electron chi connectivity index (χ2n) is 6.19. The van der Waals surface area contributed by atoms with Gasteiger partial charge in [0.05, 0.1) is 6.33 Å². The van der Waals surface area contributed by atoms with Crippen molar-refractivity contribution in [3.8, 4) is 0 Å². The Balaban J connectivity index is 1.72. The summed E-state index contributed by atoms with van der Waals surface area (Å²) in [4.78, 5) is 12.6. The molecule has 1 spiro atoms. The van der Waals surface area contributed by atoms with E-state index in [-0.39, 0.29) is 11.9 Å². The molecule has 9 nitrogen and oxygen atoms in total. The molecule has 124 valence electrons. The number of nitrogen functional groups attached to an aromatic ring is 1. The number of fused-ring (bicyclic) bond motifs is 1. The smallest absolute Gasteiger partial charge is 0.167 e. The number of hydrogen-bond donors (Lipinski definition) is 4. The predicted molar refractivity (Wildman–Crippen MR) is 81.4 cm³/mol. The van der Waals surface area contributed by atoms with E-state index in [1.165, 1.54) is 6.33 Å². The minimum atomic E-state index is -1.06. The number of likely N-dealkylation sites (N-methyl/N-ethyl adjacent to an activating group) is 1. The van der Waals surface area contributed by atoms with Crippen molar-refractivity contribution in [2.75, 3.05) is 12.3 Å². The molecule has 4 rings (SSSR count). The molecular formula is C14H20N6O3. The maximum absolute atomic E-state index is 10.5. The van der Waals surface area contributed by atoms with Crippen LogP contribution < -0.4 is 11.1 Å². The van der Waals surface area contributed by atoms with Crippen molar-refractivity contribution >= 4 is 17.0 Å². The van der Waals surface area contributed by atoms with Crippen LogP contribution in [-0.4, -0.2) is 60.1 Å². The van der Waals surface area contributed by atoms with Crippen molar-refractivity contribution in [3.05, 3.63) is 12.2 Å². The fourth-order valence-electron chi connectivity index (χ4n) is 3.48. The molecule has 5 N–H and O–H groups in total. The van der Waals surface area contributed by atoms with E-state index in [0.29, 0.717) is 23.4 Å². The lowest BCUT2D eigenvalue weighted by Gasteiger charge is -2.16. The van der Waals surface area contributed by atoms with Crippen molar-refractivity contribution in [1.29, 1.82) is 0 Å². The Morgan fingerprint density at radius 2 is 2.26 bits per heavy atom. The largest absolute Gasteiger partial charge is 0.387 e. The number of nitrogens with two attached hydrogens (primary N) is 1. The molecule has 0 aromatic carbocycles. The first kappa shape index (κ1) is 14.8. The van der Waals surface area contributed by atoms with Crippen molar-refractivity contribution in [3.63, 3.8) is 0 Å². The van der Waals surface area contributed by atoms with Gasteiger partial charge in [0.2, 0.25) is 0 Å². The van der Waals surface area contributed by atoms with Crippen molar-refractivity contribution < 1.29 is 14.9 Å². The number of anilines is 1. The number of nitrogens with one attached hydrogen (secondary N) is 1. The fourth-order valence-corrected chi connectivity index (χ4v) is 3.48. The number of rotatable bonds is 3. The van der Waals surface area contributed by atoms with Gasteiger partial charge in [0.15, 0.2) is 17.7 Å². The van der Waals surface area contributed by atoms with Gasteiger partial charge in [-0.2, -0.15) is 0 Å². The van der Waals surface area contributed by atoms with Crippen LogP contribution in [0.3, 0.4) is 0 Å². The van der Waals surface area contributed by atoms with Crippen LogP contribution >= 0.6 is 0 Å². The lowest BCUT2D eigenvalue weighted by molar-refractivity contribution is -0.0499. The van der Waals surface area contributed by atoms with Gasteiger partial charge in [-0.3, -0.25) is 4.57 Å². The van der Waals surface area contributed by atoms with Gasteiger partial charge in [-0.15, -0.1) is 0 Å². The highest BCUT2D eigenvalue weighted by molar-refractivity contribution is 5.81. The number of aliphatic hydroxyl groups excluding tert-OH is 2. The molecule has 9 heteroatoms. The molecule has 2 aliphatic rings. The van der Waals surface area contributed by atoms with E-state index < -0.39 is 24.0 Å². The number of nitrogens with zero attached hydrogens (tertiary/aromatic N) is 4. The summed E-state index contributed by atoms with van der Waals surface area (Å²) in [6.45, 7) is 4.50. The minimum absolute atomic E-state index is 0.0402. The van der Waals surface area contributed by atoms with E-state index >= 15 is 0 Å². The Hall–Kier alpha value is -1.81. The van der Waals surface area contributed by atoms with Crippen LogP contribution in [0.5, 0.6) is 0 Å². The van der Waals surface area contributed by atoms with Gasteiger partial charge in [-0.05, 0) is 19.9 Å². The summed E-state index contributed by atoms with van der Waals surface area (Å²) < 4.78 is 7.66. The first-order valence-electron chi connectivity index (χ1n) is 7.72. The molecule has 1 saturated carbocycles. The van der Waals surface area contributed by atoms with Crippen molar-refractivity contribution in [1.82, 2.24) is 24.8 Å². The van der Waals surface area contributed by atoms with Gasteiger partial charge in [0.1, 0.15) is 29.2 Å². The molecule has 23 heavy (non-hydrogen) atoms. The average Bonchev–Trinajstić information content (AvgIpc) is 2.92. The predicted octanol–water partition coefficient (Wildman–Crippen LogP) is -0.912. The van der Waals surface area contributed by atoms with Crippen LogP contribution in [0, 0.1) is 6.92 Å². The molecule has 0 unspecified atom stereocenters. The number of aromatic nitrogens is 4. The zero-order chi connectivity index (χ0) is 16.4. The first-order chi connectivity index (χ1) is 11.0. The minimum Gasteiger partial charge on any atom is -0.387 e. The summed E-state index contributed by atoms with van der Waals surface area (Å²) in [5.41, 5.74) is 6.07. The van der Waals surface area contributed by atoms with Crippen LogP contribution in [0.1, 0.15) is 25.4 Å². The van der Waals surface area contributed by atoms with Gasteiger partial charge in [-0.25, -0.2) is 15.0 Å². The Morgan fingerprint density at radius 3 is 3.00 bits per heavy atom. The molecule has 3 heterocycles. The third kappa shape index (κ3) is 1.97. The van der Waals surface area contributed by atoms with E-state index in [0.717, 1.165) is 6.54 Å². The van der Waals surface area contributed by atoms with E-state index in [2.05, 4.69) is 20.3 Å². The Morgan fingerprint density at radius 1 is 1.48 bits per heavy atom. The highest BCUT2D eigenvalue weighted by atomic mass is 16.6. The molecule has 1 aliphatic heterocycles. The summed E-state index contributed by atoms with van der Waals surface area (Å²) in [7, 11) is 0. The highest BCUT2D eigenvalue weighted by Gasteiger charge is 2.68. The highest BCUT2D eigenvalue weighted by Crippen LogP contribution is 2.53. The van der Waals surface area contributed by atoms with Crippen molar-refractivity contribution in [2.24, 2.45) is 0 Å². The van der Waals surface area contributed by atoms with E-state index in [9.17, 15) is 10.2 Å². The third-order valence-electron chi connectivity index (χ3n) is 4.69. The number of aryl methyl sites for hydroxylation is 1. The SMILES string of the molecule is CCN[C@@H]1C[C@]12O[C@@H](n1cnc3c(N)nc(C)nc31)[C@H](O)[C@@H]2O. The molecule has 1 saturated heterocycles. The third-order valence-corrected chi connectivity index (χ3v) is 4.69. The quantitative estimate of drug-likeness (QED) is 0.571. The van der Waals surface area contributed by atoms with E-state index in [1.54, 1.807) is 11.5 Å². The van der Waals surface area contributed by atoms with Crippen LogP contribution in [-0.2, 0) is 4.74 Å². The topological polar surface area (TPSA) is 131 Å². The molecule has 0 amide bonds. The normalized spacial score (nSPS) is 36.2. The summed E-state index contributed by atoms with van der Waals surface area (Å²) in [6.07, 6.45) is -0.605. The summed E-state index contributed by atoms with van der Waals surface area (Å²) in [5, 5.41) is 24.2. The van der Waals surface area contributed by atoms with Crippen molar-refractivity contribution in [2.45, 2.75) is 50.3 Å². The Bertz CT molecular complexity index is 764. The molecule has 0 radical (unpaired) electrons. The summed E-state index contributed by atoms with van der Waals surface area (Å²) >= 11 is 0. The Labute approximate surface area is 132 Å². The summed E-state index contributed by atoms with van der Waals surface area (Å²) in [6, 6.07) is 0.0402. The summed E-state index contributed by atoms with van der Waals surface area (Å²) in [5.74, 6) is 0.794. The van der Waals surface area contributed by atoms with Crippen LogP contribution in [0.4, 0.5) is 5.82 Å².